The molecule has 1 radical (unpaired) electrons. The standard InChI is InChI=1S/C9H9ClNO/c1-2-11(9(10)12)8-6-4-3-5-7-8/h3-7H,1-2H2. The predicted molar refractivity (Wildman–Crippen MR) is 50.4 cm³/mol. The van der Waals surface area contributed by atoms with E-state index in [1.807, 2.05) is 30.3 Å². The molecular weight excluding hydrogens is 174 g/mol. The summed E-state index contributed by atoms with van der Waals surface area (Å²) in [6.45, 7) is 3.94. The van der Waals surface area contributed by atoms with E-state index in [1.54, 1.807) is 0 Å². The molecule has 1 aromatic rings. The van der Waals surface area contributed by atoms with Gasteiger partial charge in [-0.25, -0.2) is 0 Å². The molecular formula is C9H9ClNO. The number of carbonyl (C=O) groups excluding carboxylic acids is 1. The van der Waals surface area contributed by atoms with Crippen molar-refractivity contribution in [3.05, 3.63) is 37.3 Å². The summed E-state index contributed by atoms with van der Waals surface area (Å²) < 4.78 is 0. The Morgan fingerprint density at radius 3 is 2.42 bits per heavy atom. The highest BCUT2D eigenvalue weighted by molar-refractivity contribution is 6.66. The summed E-state index contributed by atoms with van der Waals surface area (Å²) in [5.41, 5.74) is 0.771. The molecule has 0 bridgehead atoms. The number of para-hydroxylation sites is 1. The minimum atomic E-state index is -0.504. The van der Waals surface area contributed by atoms with Gasteiger partial charge in [-0.3, -0.25) is 9.69 Å². The first-order valence-corrected chi connectivity index (χ1v) is 3.95. The molecule has 0 saturated heterocycles. The maximum absolute atomic E-state index is 10.8. The number of hydrogen-bond donors (Lipinski definition) is 0. The number of benzene rings is 1. The Bertz CT molecular complexity index is 260. The third-order valence-electron chi connectivity index (χ3n) is 1.50. The molecule has 0 saturated carbocycles. The van der Waals surface area contributed by atoms with Crippen LogP contribution < -0.4 is 4.90 Å². The number of nitrogens with zero attached hydrogens (tertiary/aromatic N) is 1. The number of anilines is 1. The smallest absolute Gasteiger partial charge is 0.299 e. The molecule has 2 nitrogen and oxygen atoms in total. The fraction of sp³-hybridized carbons (Fsp3) is 0.111. The van der Waals surface area contributed by atoms with Crippen LogP contribution in [-0.2, 0) is 0 Å². The molecule has 0 heterocycles. The highest BCUT2D eigenvalue weighted by Gasteiger charge is 2.08. The van der Waals surface area contributed by atoms with Crippen LogP contribution in [0.5, 0.6) is 0 Å². The van der Waals surface area contributed by atoms with Crippen LogP contribution in [0.4, 0.5) is 10.5 Å². The molecule has 63 valence electrons. The molecule has 0 aliphatic carbocycles. The maximum atomic E-state index is 10.8. The summed E-state index contributed by atoms with van der Waals surface area (Å²) in [6.07, 6.45) is 0. The number of carbonyl (C=O) groups is 1. The van der Waals surface area contributed by atoms with Gasteiger partial charge in [0.2, 0.25) is 0 Å². The second-order valence-corrected chi connectivity index (χ2v) is 2.56. The van der Waals surface area contributed by atoms with Crippen molar-refractivity contribution >= 4 is 22.7 Å². The summed E-state index contributed by atoms with van der Waals surface area (Å²) >= 11 is 5.33. The quantitative estimate of drug-likeness (QED) is 0.509. The molecule has 3 heteroatoms. The number of halogens is 1. The fourth-order valence-corrected chi connectivity index (χ4v) is 1.11. The van der Waals surface area contributed by atoms with Gasteiger partial charge < -0.3 is 0 Å². The first-order chi connectivity index (χ1) is 5.75. The van der Waals surface area contributed by atoms with Crippen molar-refractivity contribution in [2.75, 3.05) is 11.4 Å². The number of hydrogen-bond acceptors (Lipinski definition) is 1. The van der Waals surface area contributed by atoms with Gasteiger partial charge in [-0.1, -0.05) is 18.2 Å². The zero-order valence-corrected chi connectivity index (χ0v) is 7.29. The van der Waals surface area contributed by atoms with Crippen molar-refractivity contribution in [1.82, 2.24) is 0 Å². The van der Waals surface area contributed by atoms with Crippen LogP contribution in [0.2, 0.25) is 0 Å². The Kier molecular flexibility index (Phi) is 3.11. The van der Waals surface area contributed by atoms with Gasteiger partial charge in [0.1, 0.15) is 0 Å². The fourth-order valence-electron chi connectivity index (χ4n) is 0.926. The van der Waals surface area contributed by atoms with Crippen molar-refractivity contribution in [2.45, 2.75) is 0 Å². The van der Waals surface area contributed by atoms with Crippen molar-refractivity contribution in [1.29, 1.82) is 0 Å². The molecule has 1 rings (SSSR count). The lowest BCUT2D eigenvalue weighted by molar-refractivity contribution is 0.264. The second kappa shape index (κ2) is 4.12. The zero-order chi connectivity index (χ0) is 8.97. The number of rotatable bonds is 2. The molecule has 0 aliphatic rings. The summed E-state index contributed by atoms with van der Waals surface area (Å²) in [7, 11) is 0. The van der Waals surface area contributed by atoms with Gasteiger partial charge >= 0.3 is 5.37 Å². The number of amides is 1. The van der Waals surface area contributed by atoms with Crippen molar-refractivity contribution in [3.63, 3.8) is 0 Å². The third kappa shape index (κ3) is 1.98. The molecule has 0 N–H and O–H groups in total. The molecule has 0 aromatic heterocycles. The second-order valence-electron chi connectivity index (χ2n) is 2.24. The van der Waals surface area contributed by atoms with Crippen LogP contribution in [-0.4, -0.2) is 11.9 Å². The van der Waals surface area contributed by atoms with Crippen LogP contribution in [0.1, 0.15) is 0 Å². The van der Waals surface area contributed by atoms with Crippen LogP contribution in [0.3, 0.4) is 0 Å². The lowest BCUT2D eigenvalue weighted by atomic mass is 10.3. The van der Waals surface area contributed by atoms with Gasteiger partial charge in [-0.05, 0) is 30.7 Å². The van der Waals surface area contributed by atoms with Gasteiger partial charge in [-0.2, -0.15) is 0 Å². The lowest BCUT2D eigenvalue weighted by Crippen LogP contribution is -2.24. The van der Waals surface area contributed by atoms with Gasteiger partial charge in [-0.15, -0.1) is 0 Å². The minimum absolute atomic E-state index is 0.340. The van der Waals surface area contributed by atoms with Crippen LogP contribution in [0.25, 0.3) is 0 Å². The van der Waals surface area contributed by atoms with E-state index >= 15 is 0 Å². The van der Waals surface area contributed by atoms with Gasteiger partial charge in [0, 0.05) is 12.2 Å². The SMILES string of the molecule is [CH2]CN(C(=O)Cl)c1ccccc1. The van der Waals surface area contributed by atoms with E-state index in [9.17, 15) is 4.79 Å². The van der Waals surface area contributed by atoms with E-state index in [0.717, 1.165) is 5.69 Å². The highest BCUT2D eigenvalue weighted by atomic mass is 35.5. The summed E-state index contributed by atoms with van der Waals surface area (Å²) in [6, 6.07) is 9.19. The van der Waals surface area contributed by atoms with E-state index in [2.05, 4.69) is 6.92 Å². The minimum Gasteiger partial charge on any atom is -0.299 e. The van der Waals surface area contributed by atoms with E-state index < -0.39 is 5.37 Å². The molecule has 0 unspecified atom stereocenters. The Labute approximate surface area is 76.8 Å². The van der Waals surface area contributed by atoms with E-state index in [-0.39, 0.29) is 0 Å². The molecule has 0 fully saturated rings. The molecule has 1 amide bonds. The average molecular weight is 183 g/mol. The molecule has 0 atom stereocenters. The first kappa shape index (κ1) is 9.07. The molecule has 12 heavy (non-hydrogen) atoms. The summed E-state index contributed by atoms with van der Waals surface area (Å²) in [4.78, 5) is 12.2. The van der Waals surface area contributed by atoms with Crippen molar-refractivity contribution in [2.24, 2.45) is 0 Å². The van der Waals surface area contributed by atoms with E-state index in [1.165, 1.54) is 4.90 Å². The van der Waals surface area contributed by atoms with Crippen molar-refractivity contribution < 1.29 is 4.79 Å². The topological polar surface area (TPSA) is 20.3 Å². The normalized spacial score (nSPS) is 9.50. The molecule has 0 spiro atoms. The maximum Gasteiger partial charge on any atom is 0.320 e. The summed E-state index contributed by atoms with van der Waals surface area (Å²) in [5.74, 6) is 0. The Morgan fingerprint density at radius 2 is 2.00 bits per heavy atom. The predicted octanol–water partition coefficient (Wildman–Crippen LogP) is 2.69. The molecule has 1 aromatic carbocycles. The van der Waals surface area contributed by atoms with Crippen LogP contribution >= 0.6 is 11.6 Å². The van der Waals surface area contributed by atoms with E-state index in [0.29, 0.717) is 6.54 Å². The van der Waals surface area contributed by atoms with E-state index in [4.69, 9.17) is 11.6 Å². The third-order valence-corrected chi connectivity index (χ3v) is 1.71. The van der Waals surface area contributed by atoms with Crippen LogP contribution in [0.15, 0.2) is 30.3 Å². The van der Waals surface area contributed by atoms with Gasteiger partial charge in [0.15, 0.2) is 0 Å². The summed E-state index contributed by atoms with van der Waals surface area (Å²) in [5, 5.41) is -0.504. The Balaban J connectivity index is 2.88. The van der Waals surface area contributed by atoms with Crippen LogP contribution in [0, 0.1) is 6.92 Å². The first-order valence-electron chi connectivity index (χ1n) is 3.57. The highest BCUT2D eigenvalue weighted by Crippen LogP contribution is 2.14. The Morgan fingerprint density at radius 1 is 1.42 bits per heavy atom. The Hall–Kier alpha value is -1.02. The largest absolute Gasteiger partial charge is 0.320 e. The lowest BCUT2D eigenvalue weighted by Gasteiger charge is -2.16. The van der Waals surface area contributed by atoms with Gasteiger partial charge in [0.05, 0.1) is 0 Å². The average Bonchev–Trinajstić information content (AvgIpc) is 2.07. The zero-order valence-electron chi connectivity index (χ0n) is 6.53. The monoisotopic (exact) mass is 182 g/mol. The van der Waals surface area contributed by atoms with Gasteiger partial charge in [0.25, 0.3) is 0 Å². The molecule has 0 aliphatic heterocycles. The van der Waals surface area contributed by atoms with Crippen molar-refractivity contribution in [3.8, 4) is 0 Å².